The molecule has 0 unspecified atom stereocenters. The highest BCUT2D eigenvalue weighted by molar-refractivity contribution is 7.92. The molecule has 0 radical (unpaired) electrons. The molecule has 0 aliphatic carbocycles. The Labute approximate surface area is 221 Å². The van der Waals surface area contributed by atoms with Gasteiger partial charge in [-0.25, -0.2) is 12.8 Å². The normalized spacial score (nSPS) is 13.1. The molecule has 2 aromatic carbocycles. The van der Waals surface area contributed by atoms with E-state index in [0.29, 0.717) is 17.7 Å². The van der Waals surface area contributed by atoms with E-state index < -0.39 is 16.1 Å². The summed E-state index contributed by atoms with van der Waals surface area (Å²) in [6.45, 7) is 9.88. The molecular weight excluding hydrogens is 493 g/mol. The van der Waals surface area contributed by atoms with Crippen molar-refractivity contribution in [2.45, 2.75) is 78.9 Å². The maximum atomic E-state index is 13.4. The topological polar surface area (TPSA) is 86.8 Å². The fourth-order valence-electron chi connectivity index (χ4n) is 4.03. The molecule has 204 valence electrons. The van der Waals surface area contributed by atoms with E-state index in [4.69, 9.17) is 0 Å². The van der Waals surface area contributed by atoms with Gasteiger partial charge in [-0.15, -0.1) is 0 Å². The molecule has 0 heterocycles. The first-order valence-corrected chi connectivity index (χ1v) is 14.6. The van der Waals surface area contributed by atoms with Crippen molar-refractivity contribution in [3.05, 3.63) is 65.0 Å². The molecule has 2 amide bonds. The summed E-state index contributed by atoms with van der Waals surface area (Å²) < 4.78 is 39.8. The van der Waals surface area contributed by atoms with Crippen molar-refractivity contribution in [2.75, 3.05) is 17.1 Å². The molecule has 0 spiro atoms. The third-order valence-corrected chi connectivity index (χ3v) is 7.78. The highest BCUT2D eigenvalue weighted by Gasteiger charge is 2.29. The molecule has 2 atom stereocenters. The summed E-state index contributed by atoms with van der Waals surface area (Å²) in [6.07, 6.45) is 2.66. The molecule has 0 bridgehead atoms. The maximum Gasteiger partial charge on any atom is 0.243 e. The summed E-state index contributed by atoms with van der Waals surface area (Å²) in [4.78, 5) is 28.0. The maximum absolute atomic E-state index is 13.4. The zero-order valence-electron chi connectivity index (χ0n) is 22.8. The second-order valence-electron chi connectivity index (χ2n) is 9.60. The van der Waals surface area contributed by atoms with Gasteiger partial charge in [-0.05, 0) is 81.0 Å². The van der Waals surface area contributed by atoms with Crippen LogP contribution in [0.3, 0.4) is 0 Å². The SMILES string of the molecule is CC[C@H](C)NC(=O)[C@H](CC)N(Cc1ccc(F)cc1)C(=O)CCCN(c1ccc(C)c(C)c1)S(C)(=O)=O. The lowest BCUT2D eigenvalue weighted by atomic mass is 10.1. The number of nitrogens with zero attached hydrogens (tertiary/aromatic N) is 2. The lowest BCUT2D eigenvalue weighted by Gasteiger charge is -2.32. The van der Waals surface area contributed by atoms with Crippen LogP contribution in [0.4, 0.5) is 10.1 Å². The number of amides is 2. The van der Waals surface area contributed by atoms with Crippen molar-refractivity contribution in [3.8, 4) is 0 Å². The zero-order valence-corrected chi connectivity index (χ0v) is 23.6. The third-order valence-electron chi connectivity index (χ3n) is 6.58. The fraction of sp³-hybridized carbons (Fsp3) is 0.500. The molecule has 2 aromatic rings. The molecule has 0 saturated carbocycles. The highest BCUT2D eigenvalue weighted by atomic mass is 32.2. The van der Waals surface area contributed by atoms with Gasteiger partial charge in [0.05, 0.1) is 11.9 Å². The van der Waals surface area contributed by atoms with E-state index in [1.165, 1.54) is 21.3 Å². The summed E-state index contributed by atoms with van der Waals surface area (Å²) in [5.74, 6) is -0.875. The minimum absolute atomic E-state index is 0.0365. The first kappa shape index (κ1) is 30.3. The average molecular weight is 534 g/mol. The van der Waals surface area contributed by atoms with Crippen LogP contribution in [0, 0.1) is 19.7 Å². The Morgan fingerprint density at radius 2 is 1.65 bits per heavy atom. The van der Waals surface area contributed by atoms with Gasteiger partial charge in [0.15, 0.2) is 0 Å². The number of benzene rings is 2. The Bertz CT molecular complexity index is 1170. The zero-order chi connectivity index (χ0) is 27.8. The van der Waals surface area contributed by atoms with Crippen LogP contribution in [0.2, 0.25) is 0 Å². The first-order chi connectivity index (χ1) is 17.4. The van der Waals surface area contributed by atoms with Crippen molar-refractivity contribution in [1.29, 1.82) is 0 Å². The molecule has 7 nitrogen and oxygen atoms in total. The van der Waals surface area contributed by atoms with E-state index in [1.807, 2.05) is 46.8 Å². The Morgan fingerprint density at radius 1 is 1.00 bits per heavy atom. The molecule has 9 heteroatoms. The summed E-state index contributed by atoms with van der Waals surface area (Å²) >= 11 is 0. The Morgan fingerprint density at radius 3 is 2.19 bits per heavy atom. The van der Waals surface area contributed by atoms with Crippen molar-refractivity contribution in [3.63, 3.8) is 0 Å². The van der Waals surface area contributed by atoms with Crippen LogP contribution in [-0.4, -0.2) is 50.0 Å². The lowest BCUT2D eigenvalue weighted by molar-refractivity contribution is -0.141. The number of carbonyl (C=O) groups is 2. The standard InChI is InChI=1S/C28H40FN3O4S/c1-7-22(5)30-28(34)26(8-2)31(19-23-12-14-24(29)15-13-23)27(33)10-9-17-32(37(6,35)36)25-16-11-20(3)21(4)18-25/h11-16,18,22,26H,7-10,17,19H2,1-6H3,(H,30,34)/t22-,26-/m0/s1. The number of halogens is 1. The second-order valence-corrected chi connectivity index (χ2v) is 11.5. The highest BCUT2D eigenvalue weighted by Crippen LogP contribution is 2.22. The van der Waals surface area contributed by atoms with E-state index in [0.717, 1.165) is 23.8 Å². The van der Waals surface area contributed by atoms with Crippen molar-refractivity contribution in [1.82, 2.24) is 10.2 Å². The first-order valence-electron chi connectivity index (χ1n) is 12.8. The summed E-state index contributed by atoms with van der Waals surface area (Å²) in [5, 5.41) is 2.96. The van der Waals surface area contributed by atoms with Gasteiger partial charge < -0.3 is 10.2 Å². The largest absolute Gasteiger partial charge is 0.352 e. The molecular formula is C28H40FN3O4S. The van der Waals surface area contributed by atoms with Gasteiger partial charge in [0.2, 0.25) is 21.8 Å². The molecule has 0 fully saturated rings. The van der Waals surface area contributed by atoms with Crippen LogP contribution in [0.25, 0.3) is 0 Å². The molecule has 2 rings (SSSR count). The van der Waals surface area contributed by atoms with Crippen LogP contribution >= 0.6 is 0 Å². The quantitative estimate of drug-likeness (QED) is 0.404. The molecule has 37 heavy (non-hydrogen) atoms. The molecule has 0 aliphatic rings. The van der Waals surface area contributed by atoms with Gasteiger partial charge >= 0.3 is 0 Å². The van der Waals surface area contributed by atoms with Gasteiger partial charge in [0.1, 0.15) is 11.9 Å². The van der Waals surface area contributed by atoms with Gasteiger partial charge in [0.25, 0.3) is 0 Å². The number of hydrogen-bond donors (Lipinski definition) is 1. The van der Waals surface area contributed by atoms with E-state index in [1.54, 1.807) is 18.2 Å². The van der Waals surface area contributed by atoms with E-state index in [9.17, 15) is 22.4 Å². The van der Waals surface area contributed by atoms with Gasteiger partial charge in [0, 0.05) is 25.6 Å². The Balaban J connectivity index is 2.23. The average Bonchev–Trinajstić information content (AvgIpc) is 2.83. The van der Waals surface area contributed by atoms with Crippen LogP contribution in [0.5, 0.6) is 0 Å². The number of carbonyl (C=O) groups excluding carboxylic acids is 2. The second kappa shape index (κ2) is 13.6. The van der Waals surface area contributed by atoms with Crippen LogP contribution < -0.4 is 9.62 Å². The van der Waals surface area contributed by atoms with Crippen LogP contribution in [0.15, 0.2) is 42.5 Å². The number of aryl methyl sites for hydroxylation is 2. The number of hydrogen-bond acceptors (Lipinski definition) is 4. The predicted molar refractivity (Wildman–Crippen MR) is 146 cm³/mol. The summed E-state index contributed by atoms with van der Waals surface area (Å²) in [5.41, 5.74) is 3.30. The van der Waals surface area contributed by atoms with Gasteiger partial charge in [-0.2, -0.15) is 0 Å². The van der Waals surface area contributed by atoms with E-state index in [-0.39, 0.29) is 49.6 Å². The van der Waals surface area contributed by atoms with Crippen LogP contribution in [0.1, 0.15) is 63.1 Å². The minimum Gasteiger partial charge on any atom is -0.352 e. The van der Waals surface area contributed by atoms with E-state index >= 15 is 0 Å². The lowest BCUT2D eigenvalue weighted by Crippen LogP contribution is -2.50. The van der Waals surface area contributed by atoms with E-state index in [2.05, 4.69) is 5.32 Å². The minimum atomic E-state index is -3.56. The molecule has 0 aliphatic heterocycles. The monoisotopic (exact) mass is 533 g/mol. The van der Waals surface area contributed by atoms with Gasteiger partial charge in [-0.1, -0.05) is 32.0 Å². The van der Waals surface area contributed by atoms with Crippen molar-refractivity contribution >= 4 is 27.5 Å². The summed E-state index contributed by atoms with van der Waals surface area (Å²) in [6, 6.07) is 10.6. The predicted octanol–water partition coefficient (Wildman–Crippen LogP) is 4.71. The van der Waals surface area contributed by atoms with Crippen molar-refractivity contribution in [2.24, 2.45) is 0 Å². The smallest absolute Gasteiger partial charge is 0.243 e. The van der Waals surface area contributed by atoms with Crippen molar-refractivity contribution < 1.29 is 22.4 Å². The number of rotatable bonds is 13. The summed E-state index contributed by atoms with van der Waals surface area (Å²) in [7, 11) is -3.56. The van der Waals surface area contributed by atoms with Gasteiger partial charge in [-0.3, -0.25) is 13.9 Å². The molecule has 0 saturated heterocycles. The third kappa shape index (κ3) is 8.84. The van der Waals surface area contributed by atoms with Crippen LogP contribution in [-0.2, 0) is 26.2 Å². The fourth-order valence-corrected chi connectivity index (χ4v) is 4.99. The molecule has 0 aromatic heterocycles. The number of nitrogens with one attached hydrogen (secondary N) is 1. The number of sulfonamides is 1. The Kier molecular flexibility index (Phi) is 11.1. The Hall–Kier alpha value is -2.94. The number of anilines is 1. The molecule has 1 N–H and O–H groups in total.